The number of carbonyl (C=O) groups is 1. The van der Waals surface area contributed by atoms with Gasteiger partial charge in [-0.3, -0.25) is 0 Å². The third-order valence-corrected chi connectivity index (χ3v) is 1.30. The van der Waals surface area contributed by atoms with Gasteiger partial charge in [0.2, 0.25) is 0 Å². The van der Waals surface area contributed by atoms with Crippen molar-refractivity contribution in [3.63, 3.8) is 0 Å². The zero-order valence-corrected chi connectivity index (χ0v) is 6.87. The molecule has 5 nitrogen and oxygen atoms in total. The summed E-state index contributed by atoms with van der Waals surface area (Å²) in [5.41, 5.74) is 0.205. The van der Waals surface area contributed by atoms with Gasteiger partial charge in [-0.15, -0.1) is 0 Å². The summed E-state index contributed by atoms with van der Waals surface area (Å²) in [4.78, 5) is 18.6. The third-order valence-electron chi connectivity index (χ3n) is 1.30. The van der Waals surface area contributed by atoms with Crippen molar-refractivity contribution in [2.45, 2.75) is 0 Å². The predicted octanol–water partition coefficient (Wildman–Crippen LogP) is 0.305. The Morgan fingerprint density at radius 2 is 2.25 bits per heavy atom. The SMILES string of the molecule is CNc1cnc(C(=O)OC)cn1. The first-order chi connectivity index (χ1) is 5.77. The Morgan fingerprint density at radius 1 is 1.50 bits per heavy atom. The van der Waals surface area contributed by atoms with E-state index in [1.807, 2.05) is 0 Å². The standard InChI is InChI=1S/C7H9N3O2/c1-8-6-4-9-5(3-10-6)7(11)12-2/h3-4H,1-2H3,(H,8,10). The van der Waals surface area contributed by atoms with Gasteiger partial charge in [0.15, 0.2) is 5.69 Å². The molecule has 0 spiro atoms. The van der Waals surface area contributed by atoms with Gasteiger partial charge in [-0.1, -0.05) is 0 Å². The van der Waals surface area contributed by atoms with Crippen molar-refractivity contribution in [2.24, 2.45) is 0 Å². The first-order valence-corrected chi connectivity index (χ1v) is 3.36. The Morgan fingerprint density at radius 3 is 2.67 bits per heavy atom. The van der Waals surface area contributed by atoms with E-state index in [-0.39, 0.29) is 5.69 Å². The van der Waals surface area contributed by atoms with E-state index in [9.17, 15) is 4.79 Å². The predicted molar refractivity (Wildman–Crippen MR) is 42.9 cm³/mol. The van der Waals surface area contributed by atoms with Crippen LogP contribution in [0.5, 0.6) is 0 Å². The lowest BCUT2D eigenvalue weighted by Gasteiger charge is -1.99. The normalized spacial score (nSPS) is 9.17. The fraction of sp³-hybridized carbons (Fsp3) is 0.286. The van der Waals surface area contributed by atoms with Gasteiger partial charge in [0.25, 0.3) is 0 Å². The highest BCUT2D eigenvalue weighted by atomic mass is 16.5. The van der Waals surface area contributed by atoms with E-state index in [0.717, 1.165) is 0 Å². The molecular formula is C7H9N3O2. The topological polar surface area (TPSA) is 64.1 Å². The van der Waals surface area contributed by atoms with Gasteiger partial charge < -0.3 is 10.1 Å². The van der Waals surface area contributed by atoms with E-state index in [1.54, 1.807) is 7.05 Å². The molecule has 0 saturated heterocycles. The van der Waals surface area contributed by atoms with Crippen molar-refractivity contribution in [2.75, 3.05) is 19.5 Å². The number of rotatable bonds is 2. The van der Waals surface area contributed by atoms with Crippen LogP contribution in [0.4, 0.5) is 5.82 Å². The number of anilines is 1. The highest BCUT2D eigenvalue weighted by Gasteiger charge is 2.05. The molecule has 12 heavy (non-hydrogen) atoms. The molecule has 1 aromatic rings. The smallest absolute Gasteiger partial charge is 0.358 e. The summed E-state index contributed by atoms with van der Waals surface area (Å²) in [6, 6.07) is 0. The fourth-order valence-corrected chi connectivity index (χ4v) is 0.667. The maximum absolute atomic E-state index is 10.9. The van der Waals surface area contributed by atoms with Crippen LogP contribution in [-0.4, -0.2) is 30.1 Å². The summed E-state index contributed by atoms with van der Waals surface area (Å²) in [5, 5.41) is 2.79. The second-order valence-corrected chi connectivity index (χ2v) is 2.03. The number of methoxy groups -OCH3 is 1. The first-order valence-electron chi connectivity index (χ1n) is 3.36. The molecule has 0 radical (unpaired) electrons. The molecule has 1 N–H and O–H groups in total. The Hall–Kier alpha value is -1.65. The van der Waals surface area contributed by atoms with Crippen molar-refractivity contribution in [1.29, 1.82) is 0 Å². The number of nitrogens with zero attached hydrogens (tertiary/aromatic N) is 2. The first kappa shape index (κ1) is 8.45. The van der Waals surface area contributed by atoms with E-state index in [2.05, 4.69) is 20.0 Å². The molecule has 0 aliphatic heterocycles. The highest BCUT2D eigenvalue weighted by Crippen LogP contribution is 2.00. The van der Waals surface area contributed by atoms with Crippen LogP contribution < -0.4 is 5.32 Å². The zero-order chi connectivity index (χ0) is 8.97. The van der Waals surface area contributed by atoms with E-state index < -0.39 is 5.97 Å². The van der Waals surface area contributed by atoms with Crippen molar-refractivity contribution in [3.05, 3.63) is 18.1 Å². The van der Waals surface area contributed by atoms with Gasteiger partial charge in [0.05, 0.1) is 19.5 Å². The van der Waals surface area contributed by atoms with E-state index in [1.165, 1.54) is 19.5 Å². The van der Waals surface area contributed by atoms with E-state index in [0.29, 0.717) is 5.82 Å². The van der Waals surface area contributed by atoms with Crippen LogP contribution in [0.2, 0.25) is 0 Å². The fourth-order valence-electron chi connectivity index (χ4n) is 0.667. The molecule has 5 heteroatoms. The molecule has 0 amide bonds. The highest BCUT2D eigenvalue weighted by molar-refractivity contribution is 5.86. The summed E-state index contributed by atoms with van der Waals surface area (Å²) in [7, 11) is 3.03. The molecule has 1 aromatic heterocycles. The number of aromatic nitrogens is 2. The van der Waals surface area contributed by atoms with Crippen LogP contribution >= 0.6 is 0 Å². The number of hydrogen-bond acceptors (Lipinski definition) is 5. The lowest BCUT2D eigenvalue weighted by atomic mass is 10.4. The second kappa shape index (κ2) is 3.66. The Labute approximate surface area is 69.8 Å². The molecular weight excluding hydrogens is 158 g/mol. The molecule has 0 aliphatic carbocycles. The number of carbonyl (C=O) groups excluding carboxylic acids is 1. The summed E-state index contributed by atoms with van der Waals surface area (Å²) in [6.45, 7) is 0. The minimum Gasteiger partial charge on any atom is -0.464 e. The van der Waals surface area contributed by atoms with E-state index in [4.69, 9.17) is 0 Å². The molecule has 1 rings (SSSR count). The number of nitrogens with one attached hydrogen (secondary N) is 1. The maximum Gasteiger partial charge on any atom is 0.358 e. The van der Waals surface area contributed by atoms with Gasteiger partial charge >= 0.3 is 5.97 Å². The minimum atomic E-state index is -0.481. The second-order valence-electron chi connectivity index (χ2n) is 2.03. The lowest BCUT2D eigenvalue weighted by molar-refractivity contribution is 0.0593. The van der Waals surface area contributed by atoms with Gasteiger partial charge in [0, 0.05) is 7.05 Å². The van der Waals surface area contributed by atoms with E-state index >= 15 is 0 Å². The Bertz CT molecular complexity index is 270. The summed E-state index contributed by atoms with van der Waals surface area (Å²) in [5.74, 6) is 0.132. The van der Waals surface area contributed by atoms with Crippen LogP contribution in [0.25, 0.3) is 0 Å². The molecule has 0 saturated carbocycles. The molecule has 1 heterocycles. The quantitative estimate of drug-likeness (QED) is 0.642. The van der Waals surface area contributed by atoms with Crippen LogP contribution in [0.3, 0.4) is 0 Å². The molecule has 0 bridgehead atoms. The number of hydrogen-bond donors (Lipinski definition) is 1. The molecule has 0 aromatic carbocycles. The number of esters is 1. The van der Waals surface area contributed by atoms with Crippen molar-refractivity contribution < 1.29 is 9.53 Å². The van der Waals surface area contributed by atoms with Crippen molar-refractivity contribution in [3.8, 4) is 0 Å². The van der Waals surface area contributed by atoms with Gasteiger partial charge in [-0.25, -0.2) is 14.8 Å². The lowest BCUT2D eigenvalue weighted by Crippen LogP contribution is -2.05. The van der Waals surface area contributed by atoms with Crippen molar-refractivity contribution >= 4 is 11.8 Å². The van der Waals surface area contributed by atoms with Gasteiger partial charge in [-0.05, 0) is 0 Å². The summed E-state index contributed by atoms with van der Waals surface area (Å²) >= 11 is 0. The van der Waals surface area contributed by atoms with Crippen LogP contribution in [-0.2, 0) is 4.74 Å². The Balaban J connectivity index is 2.84. The summed E-state index contributed by atoms with van der Waals surface area (Å²) < 4.78 is 4.45. The van der Waals surface area contributed by atoms with Crippen LogP contribution in [0.15, 0.2) is 12.4 Å². The zero-order valence-electron chi connectivity index (χ0n) is 6.87. The Kier molecular flexibility index (Phi) is 2.57. The van der Waals surface area contributed by atoms with Crippen molar-refractivity contribution in [1.82, 2.24) is 9.97 Å². The largest absolute Gasteiger partial charge is 0.464 e. The minimum absolute atomic E-state index is 0.205. The summed E-state index contributed by atoms with van der Waals surface area (Å²) in [6.07, 6.45) is 2.82. The average Bonchev–Trinajstić information content (AvgIpc) is 2.17. The molecule has 0 unspecified atom stereocenters. The van der Waals surface area contributed by atoms with Gasteiger partial charge in [0.1, 0.15) is 5.82 Å². The third kappa shape index (κ3) is 1.69. The maximum atomic E-state index is 10.9. The molecule has 0 fully saturated rings. The van der Waals surface area contributed by atoms with Crippen LogP contribution in [0.1, 0.15) is 10.5 Å². The van der Waals surface area contributed by atoms with Crippen LogP contribution in [0, 0.1) is 0 Å². The molecule has 0 aliphatic rings. The number of ether oxygens (including phenoxy) is 1. The molecule has 0 atom stereocenters. The average molecular weight is 167 g/mol. The molecule has 64 valence electrons. The monoisotopic (exact) mass is 167 g/mol. The van der Waals surface area contributed by atoms with Gasteiger partial charge in [-0.2, -0.15) is 0 Å².